The largest absolute Gasteiger partial charge is 0.395 e. The lowest BCUT2D eigenvalue weighted by atomic mass is 10.0. The molecular formula is C19H26N4O2. The molecule has 0 spiro atoms. The van der Waals surface area contributed by atoms with Gasteiger partial charge in [-0.15, -0.1) is 0 Å². The molecule has 0 aliphatic carbocycles. The Morgan fingerprint density at radius 1 is 1.32 bits per heavy atom. The third kappa shape index (κ3) is 4.27. The van der Waals surface area contributed by atoms with Gasteiger partial charge in [0, 0.05) is 31.7 Å². The van der Waals surface area contributed by atoms with Crippen LogP contribution in [0.15, 0.2) is 36.4 Å². The molecule has 1 aromatic carbocycles. The summed E-state index contributed by atoms with van der Waals surface area (Å²) in [7, 11) is 1.79. The van der Waals surface area contributed by atoms with E-state index in [0.717, 1.165) is 37.2 Å². The van der Waals surface area contributed by atoms with Gasteiger partial charge in [-0.1, -0.05) is 36.8 Å². The maximum Gasteiger partial charge on any atom is 0.269 e. The fourth-order valence-corrected chi connectivity index (χ4v) is 3.39. The van der Waals surface area contributed by atoms with Gasteiger partial charge in [0.15, 0.2) is 0 Å². The number of likely N-dealkylation sites (tertiary alicyclic amines) is 1. The van der Waals surface area contributed by atoms with Crippen molar-refractivity contribution in [2.24, 2.45) is 7.05 Å². The first-order valence-electron chi connectivity index (χ1n) is 8.91. The third-order valence-corrected chi connectivity index (χ3v) is 4.83. The number of nitrogens with one attached hydrogen (secondary N) is 1. The Morgan fingerprint density at radius 3 is 2.88 bits per heavy atom. The van der Waals surface area contributed by atoms with Crippen molar-refractivity contribution in [3.63, 3.8) is 0 Å². The molecule has 6 nitrogen and oxygen atoms in total. The molecule has 1 saturated heterocycles. The topological polar surface area (TPSA) is 70.4 Å². The number of rotatable bonds is 6. The molecule has 0 saturated carbocycles. The summed E-state index contributed by atoms with van der Waals surface area (Å²) in [5, 5.41) is 16.9. The average molecular weight is 342 g/mol. The van der Waals surface area contributed by atoms with Gasteiger partial charge in [-0.05, 0) is 25.5 Å². The Labute approximate surface area is 148 Å². The molecule has 134 valence electrons. The Morgan fingerprint density at radius 2 is 2.12 bits per heavy atom. The highest BCUT2D eigenvalue weighted by Crippen LogP contribution is 2.18. The van der Waals surface area contributed by atoms with E-state index in [9.17, 15) is 9.90 Å². The number of hydrogen-bond donors (Lipinski definition) is 2. The Bertz CT molecular complexity index is 699. The SMILES string of the molecule is Cn1nc(-c2ccccc2)cc1C(=O)NCCN1CCCCC1CO. The number of aliphatic hydroxyl groups excluding tert-OH is 1. The van der Waals surface area contributed by atoms with Crippen molar-refractivity contribution in [3.8, 4) is 11.3 Å². The summed E-state index contributed by atoms with van der Waals surface area (Å²) >= 11 is 0. The fourth-order valence-electron chi connectivity index (χ4n) is 3.39. The highest BCUT2D eigenvalue weighted by molar-refractivity contribution is 5.93. The van der Waals surface area contributed by atoms with Crippen LogP contribution in [-0.2, 0) is 7.05 Å². The van der Waals surface area contributed by atoms with Crippen LogP contribution in [0.25, 0.3) is 11.3 Å². The molecule has 2 aromatic rings. The highest BCUT2D eigenvalue weighted by atomic mass is 16.3. The van der Waals surface area contributed by atoms with E-state index in [4.69, 9.17) is 0 Å². The second kappa shape index (κ2) is 8.27. The molecule has 0 radical (unpaired) electrons. The molecule has 6 heteroatoms. The first-order chi connectivity index (χ1) is 12.2. The van der Waals surface area contributed by atoms with Crippen LogP contribution in [0.1, 0.15) is 29.8 Å². The van der Waals surface area contributed by atoms with Crippen molar-refractivity contribution >= 4 is 5.91 Å². The van der Waals surface area contributed by atoms with E-state index in [2.05, 4.69) is 15.3 Å². The minimum absolute atomic E-state index is 0.116. The molecule has 1 aliphatic rings. The van der Waals surface area contributed by atoms with Gasteiger partial charge in [0.1, 0.15) is 5.69 Å². The summed E-state index contributed by atoms with van der Waals surface area (Å²) in [4.78, 5) is 14.7. The summed E-state index contributed by atoms with van der Waals surface area (Å²) < 4.78 is 1.62. The van der Waals surface area contributed by atoms with Crippen molar-refractivity contribution in [2.75, 3.05) is 26.2 Å². The van der Waals surface area contributed by atoms with Crippen molar-refractivity contribution in [3.05, 3.63) is 42.1 Å². The number of hydrogen-bond acceptors (Lipinski definition) is 4. The quantitative estimate of drug-likeness (QED) is 0.838. The normalized spacial score (nSPS) is 18.2. The van der Waals surface area contributed by atoms with Gasteiger partial charge in [-0.3, -0.25) is 14.4 Å². The van der Waals surface area contributed by atoms with E-state index in [1.165, 1.54) is 6.42 Å². The van der Waals surface area contributed by atoms with E-state index in [0.29, 0.717) is 12.2 Å². The minimum Gasteiger partial charge on any atom is -0.395 e. The first kappa shape index (κ1) is 17.6. The van der Waals surface area contributed by atoms with Crippen molar-refractivity contribution in [2.45, 2.75) is 25.3 Å². The maximum atomic E-state index is 12.5. The summed E-state index contributed by atoms with van der Waals surface area (Å²) in [5.74, 6) is -0.116. The lowest BCUT2D eigenvalue weighted by Crippen LogP contribution is -2.45. The number of amides is 1. The standard InChI is InChI=1S/C19H26N4O2/c1-22-18(13-17(21-22)15-7-3-2-4-8-15)19(25)20-10-12-23-11-6-5-9-16(23)14-24/h2-4,7-8,13,16,24H,5-6,9-12,14H2,1H3,(H,20,25). The number of aromatic nitrogens is 2. The van der Waals surface area contributed by atoms with Gasteiger partial charge in [-0.25, -0.2) is 0 Å². The first-order valence-corrected chi connectivity index (χ1v) is 8.91. The zero-order chi connectivity index (χ0) is 17.6. The van der Waals surface area contributed by atoms with E-state index < -0.39 is 0 Å². The van der Waals surface area contributed by atoms with Crippen molar-refractivity contribution in [1.82, 2.24) is 20.0 Å². The summed E-state index contributed by atoms with van der Waals surface area (Å²) in [5.41, 5.74) is 2.34. The monoisotopic (exact) mass is 342 g/mol. The number of nitrogens with zero attached hydrogens (tertiary/aromatic N) is 3. The van der Waals surface area contributed by atoms with E-state index in [1.54, 1.807) is 11.7 Å². The van der Waals surface area contributed by atoms with Crippen LogP contribution in [-0.4, -0.2) is 58.0 Å². The molecule has 1 atom stereocenters. The zero-order valence-corrected chi connectivity index (χ0v) is 14.7. The third-order valence-electron chi connectivity index (χ3n) is 4.83. The number of piperidine rings is 1. The lowest BCUT2D eigenvalue weighted by Gasteiger charge is -2.34. The maximum absolute atomic E-state index is 12.5. The molecule has 2 N–H and O–H groups in total. The Balaban J connectivity index is 1.57. The molecule has 1 fully saturated rings. The smallest absolute Gasteiger partial charge is 0.269 e. The lowest BCUT2D eigenvalue weighted by molar-refractivity contribution is 0.0844. The van der Waals surface area contributed by atoms with Crippen LogP contribution in [0.5, 0.6) is 0 Å². The number of carbonyl (C=O) groups is 1. The minimum atomic E-state index is -0.116. The molecule has 1 aliphatic heterocycles. The highest BCUT2D eigenvalue weighted by Gasteiger charge is 2.21. The summed E-state index contributed by atoms with van der Waals surface area (Å²) in [6.45, 7) is 2.52. The summed E-state index contributed by atoms with van der Waals surface area (Å²) in [6.07, 6.45) is 3.37. The van der Waals surface area contributed by atoms with Gasteiger partial charge in [-0.2, -0.15) is 5.10 Å². The molecule has 25 heavy (non-hydrogen) atoms. The van der Waals surface area contributed by atoms with Gasteiger partial charge < -0.3 is 10.4 Å². The molecular weight excluding hydrogens is 316 g/mol. The summed E-state index contributed by atoms with van der Waals surface area (Å²) in [6, 6.07) is 11.9. The number of carbonyl (C=O) groups excluding carboxylic acids is 1. The van der Waals surface area contributed by atoms with Crippen LogP contribution in [0, 0.1) is 0 Å². The van der Waals surface area contributed by atoms with Crippen LogP contribution in [0.3, 0.4) is 0 Å². The second-order valence-electron chi connectivity index (χ2n) is 6.53. The van der Waals surface area contributed by atoms with E-state index in [-0.39, 0.29) is 18.6 Å². The van der Waals surface area contributed by atoms with Crippen LogP contribution in [0.2, 0.25) is 0 Å². The number of aliphatic hydroxyl groups is 1. The van der Waals surface area contributed by atoms with E-state index >= 15 is 0 Å². The van der Waals surface area contributed by atoms with E-state index in [1.807, 2.05) is 36.4 Å². The Kier molecular flexibility index (Phi) is 5.83. The number of aryl methyl sites for hydroxylation is 1. The molecule has 2 heterocycles. The van der Waals surface area contributed by atoms with Gasteiger partial charge in [0.2, 0.25) is 0 Å². The molecule has 0 bridgehead atoms. The molecule has 3 rings (SSSR count). The van der Waals surface area contributed by atoms with Gasteiger partial charge in [0.25, 0.3) is 5.91 Å². The predicted octanol–water partition coefficient (Wildman–Crippen LogP) is 1.66. The van der Waals surface area contributed by atoms with Crippen molar-refractivity contribution in [1.29, 1.82) is 0 Å². The van der Waals surface area contributed by atoms with Gasteiger partial charge in [0.05, 0.1) is 12.3 Å². The van der Waals surface area contributed by atoms with Crippen molar-refractivity contribution < 1.29 is 9.90 Å². The van der Waals surface area contributed by atoms with Crippen LogP contribution in [0.4, 0.5) is 0 Å². The predicted molar refractivity (Wildman–Crippen MR) is 97.3 cm³/mol. The zero-order valence-electron chi connectivity index (χ0n) is 14.7. The average Bonchev–Trinajstić information content (AvgIpc) is 3.04. The number of benzene rings is 1. The van der Waals surface area contributed by atoms with Crippen LogP contribution >= 0.6 is 0 Å². The van der Waals surface area contributed by atoms with Gasteiger partial charge >= 0.3 is 0 Å². The Hall–Kier alpha value is -2.18. The van der Waals surface area contributed by atoms with Crippen LogP contribution < -0.4 is 5.32 Å². The molecule has 1 unspecified atom stereocenters. The second-order valence-corrected chi connectivity index (χ2v) is 6.53. The fraction of sp³-hybridized carbons (Fsp3) is 0.474. The molecule has 1 aromatic heterocycles. The molecule has 1 amide bonds.